The van der Waals surface area contributed by atoms with Crippen LogP contribution in [0.5, 0.6) is 0 Å². The molecule has 1 saturated carbocycles. The van der Waals surface area contributed by atoms with Crippen molar-refractivity contribution >= 4 is 17.5 Å². The number of halogens is 1. The number of nitrogens with two attached hydrogens (primary N) is 1. The summed E-state index contributed by atoms with van der Waals surface area (Å²) in [5.41, 5.74) is 9.34. The first-order valence-electron chi connectivity index (χ1n) is 13.9. The van der Waals surface area contributed by atoms with E-state index in [1.807, 2.05) is 29.2 Å². The quantitative estimate of drug-likeness (QED) is 0.394. The van der Waals surface area contributed by atoms with Crippen LogP contribution in [0, 0.1) is 18.8 Å². The minimum Gasteiger partial charge on any atom is -0.385 e. The molecule has 1 unspecified atom stereocenters. The summed E-state index contributed by atoms with van der Waals surface area (Å²) in [5, 5.41) is 13.3. The molecule has 2 aliphatic rings. The number of benzene rings is 2. The fraction of sp³-hybridized carbons (Fsp3) is 0.581. The molecule has 4 atom stereocenters. The van der Waals surface area contributed by atoms with Crippen molar-refractivity contribution in [2.75, 3.05) is 26.8 Å². The lowest BCUT2D eigenvalue weighted by Gasteiger charge is -2.44. The van der Waals surface area contributed by atoms with Gasteiger partial charge in [-0.3, -0.25) is 4.79 Å². The van der Waals surface area contributed by atoms with Gasteiger partial charge in [-0.1, -0.05) is 48.0 Å². The van der Waals surface area contributed by atoms with Crippen molar-refractivity contribution in [3.63, 3.8) is 0 Å². The van der Waals surface area contributed by atoms with Gasteiger partial charge in [0.15, 0.2) is 0 Å². The zero-order valence-corrected chi connectivity index (χ0v) is 23.2. The Hall–Kier alpha value is -1.92. The highest BCUT2D eigenvalue weighted by molar-refractivity contribution is 6.31. The number of rotatable bonds is 10. The number of hydrogen-bond donors (Lipinski definition) is 2. The Labute approximate surface area is 227 Å². The average Bonchev–Trinajstić information content (AvgIpc) is 3.34. The van der Waals surface area contributed by atoms with Crippen LogP contribution in [0.3, 0.4) is 0 Å². The number of likely N-dealkylation sites (tertiary alicyclic amines) is 1. The van der Waals surface area contributed by atoms with Crippen molar-refractivity contribution in [3.8, 4) is 0 Å². The standard InChI is InChI=1S/C31H43ClN2O3/c1-22-9-3-4-10-23(22)20-27-28(12-7-13-29(27)32)31(36,16-5-6-18-37-2)25-11-8-17-34(21-25)30(35)24-14-15-26(33)19-24/h3-4,7,9-10,12-13,24-26,36H,5-6,8,11,14-21,33H2,1-2H3/t24-,25?,26+,31+/m1/s1. The third-order valence-electron chi connectivity index (χ3n) is 8.60. The second-order valence-electron chi connectivity index (χ2n) is 11.1. The van der Waals surface area contributed by atoms with Gasteiger partial charge >= 0.3 is 0 Å². The van der Waals surface area contributed by atoms with Gasteiger partial charge in [0.2, 0.25) is 5.91 Å². The number of amides is 1. The molecule has 0 radical (unpaired) electrons. The van der Waals surface area contributed by atoms with Gasteiger partial charge in [0.1, 0.15) is 0 Å². The molecule has 5 nitrogen and oxygen atoms in total. The van der Waals surface area contributed by atoms with Crippen LogP contribution in [0.15, 0.2) is 42.5 Å². The number of piperidine rings is 1. The average molecular weight is 527 g/mol. The predicted octanol–water partition coefficient (Wildman–Crippen LogP) is 5.61. The van der Waals surface area contributed by atoms with Crippen molar-refractivity contribution in [2.24, 2.45) is 17.6 Å². The maximum atomic E-state index is 13.4. The Morgan fingerprint density at radius 1 is 1.16 bits per heavy atom. The van der Waals surface area contributed by atoms with Crippen molar-refractivity contribution in [3.05, 3.63) is 69.7 Å². The Morgan fingerprint density at radius 3 is 2.70 bits per heavy atom. The molecule has 0 bridgehead atoms. The number of ether oxygens (including phenoxy) is 1. The number of hydrogen-bond acceptors (Lipinski definition) is 4. The molecule has 6 heteroatoms. The maximum absolute atomic E-state index is 13.4. The fourth-order valence-corrected chi connectivity index (χ4v) is 6.65. The molecule has 4 rings (SSSR count). The summed E-state index contributed by atoms with van der Waals surface area (Å²) in [6, 6.07) is 14.4. The molecule has 1 amide bonds. The SMILES string of the molecule is COCCCC[C@@](O)(c1cccc(Cl)c1Cc1ccccc1C)C1CCCN(C(=O)[C@@H]2CC[C@H](N)C2)C1. The van der Waals surface area contributed by atoms with E-state index in [0.29, 0.717) is 31.0 Å². The summed E-state index contributed by atoms with van der Waals surface area (Å²) in [6.45, 7) is 4.11. The van der Waals surface area contributed by atoms with Crippen LogP contribution in [0.2, 0.25) is 5.02 Å². The second kappa shape index (κ2) is 12.8. The molecule has 37 heavy (non-hydrogen) atoms. The molecule has 3 N–H and O–H groups in total. The highest BCUT2D eigenvalue weighted by Gasteiger charge is 2.43. The van der Waals surface area contributed by atoms with Gasteiger partial charge in [-0.2, -0.15) is 0 Å². The Bertz CT molecular complexity index is 1060. The zero-order valence-electron chi connectivity index (χ0n) is 22.4. The van der Waals surface area contributed by atoms with E-state index >= 15 is 0 Å². The molecule has 1 saturated heterocycles. The van der Waals surface area contributed by atoms with Crippen LogP contribution < -0.4 is 5.73 Å². The Kier molecular flexibility index (Phi) is 9.68. The van der Waals surface area contributed by atoms with Crippen molar-refractivity contribution < 1.29 is 14.6 Å². The zero-order chi connectivity index (χ0) is 26.4. The number of aliphatic hydroxyl groups is 1. The van der Waals surface area contributed by atoms with Gasteiger partial charge in [-0.05, 0) is 93.0 Å². The summed E-state index contributed by atoms with van der Waals surface area (Å²) in [7, 11) is 1.71. The molecule has 1 aliphatic carbocycles. The van der Waals surface area contributed by atoms with E-state index in [0.717, 1.165) is 62.6 Å². The minimum absolute atomic E-state index is 0.0198. The van der Waals surface area contributed by atoms with Crippen LogP contribution in [-0.2, 0) is 21.6 Å². The predicted molar refractivity (Wildman–Crippen MR) is 150 cm³/mol. The first kappa shape index (κ1) is 28.1. The molecular weight excluding hydrogens is 484 g/mol. The van der Waals surface area contributed by atoms with E-state index in [4.69, 9.17) is 22.1 Å². The van der Waals surface area contributed by atoms with Crippen LogP contribution in [-0.4, -0.2) is 48.8 Å². The summed E-state index contributed by atoms with van der Waals surface area (Å²) in [5.74, 6) is 0.175. The number of carbonyl (C=O) groups excluding carboxylic acids is 1. The molecule has 1 heterocycles. The van der Waals surface area contributed by atoms with Crippen LogP contribution in [0.4, 0.5) is 0 Å². The highest BCUT2D eigenvalue weighted by atomic mass is 35.5. The summed E-state index contributed by atoms with van der Waals surface area (Å²) in [6.07, 6.45) is 7.32. The van der Waals surface area contributed by atoms with E-state index in [1.54, 1.807) is 7.11 Å². The Balaban J connectivity index is 1.65. The number of carbonyl (C=O) groups is 1. The second-order valence-corrected chi connectivity index (χ2v) is 11.5. The summed E-state index contributed by atoms with van der Waals surface area (Å²) < 4.78 is 5.29. The number of aryl methyl sites for hydroxylation is 1. The summed E-state index contributed by atoms with van der Waals surface area (Å²) >= 11 is 6.83. The lowest BCUT2D eigenvalue weighted by atomic mass is 9.72. The lowest BCUT2D eigenvalue weighted by Crippen LogP contribution is -2.49. The third kappa shape index (κ3) is 6.57. The summed E-state index contributed by atoms with van der Waals surface area (Å²) in [4.78, 5) is 15.4. The van der Waals surface area contributed by atoms with Crippen molar-refractivity contribution in [2.45, 2.75) is 76.4 Å². The van der Waals surface area contributed by atoms with Crippen LogP contribution in [0.1, 0.15) is 73.6 Å². The van der Waals surface area contributed by atoms with Crippen LogP contribution in [0.25, 0.3) is 0 Å². The number of unbranched alkanes of at least 4 members (excludes halogenated alkanes) is 1. The smallest absolute Gasteiger partial charge is 0.225 e. The first-order valence-corrected chi connectivity index (χ1v) is 14.3. The van der Waals surface area contributed by atoms with E-state index < -0.39 is 5.60 Å². The molecule has 0 aromatic heterocycles. The first-order chi connectivity index (χ1) is 17.8. The van der Waals surface area contributed by atoms with E-state index in [2.05, 4.69) is 25.1 Å². The Morgan fingerprint density at radius 2 is 1.97 bits per heavy atom. The molecule has 2 aromatic rings. The number of methoxy groups -OCH3 is 1. The van der Waals surface area contributed by atoms with Gasteiger partial charge in [-0.25, -0.2) is 0 Å². The van der Waals surface area contributed by atoms with E-state index in [9.17, 15) is 9.90 Å². The number of nitrogens with zero attached hydrogens (tertiary/aromatic N) is 1. The van der Waals surface area contributed by atoms with Crippen LogP contribution >= 0.6 is 11.6 Å². The van der Waals surface area contributed by atoms with E-state index in [1.165, 1.54) is 11.1 Å². The minimum atomic E-state index is -1.08. The molecule has 2 fully saturated rings. The molecular formula is C31H43ClN2O3. The molecule has 0 spiro atoms. The lowest BCUT2D eigenvalue weighted by molar-refractivity contribution is -0.141. The van der Waals surface area contributed by atoms with Gasteiger partial charge in [0.25, 0.3) is 0 Å². The monoisotopic (exact) mass is 526 g/mol. The maximum Gasteiger partial charge on any atom is 0.225 e. The van der Waals surface area contributed by atoms with Gasteiger partial charge in [-0.15, -0.1) is 0 Å². The third-order valence-corrected chi connectivity index (χ3v) is 8.96. The van der Waals surface area contributed by atoms with Gasteiger partial charge in [0, 0.05) is 49.7 Å². The largest absolute Gasteiger partial charge is 0.385 e. The fourth-order valence-electron chi connectivity index (χ4n) is 6.41. The molecule has 1 aliphatic heterocycles. The highest BCUT2D eigenvalue weighted by Crippen LogP contribution is 2.43. The molecule has 2 aromatic carbocycles. The normalized spacial score (nSPS) is 23.7. The topological polar surface area (TPSA) is 75.8 Å². The van der Waals surface area contributed by atoms with E-state index in [-0.39, 0.29) is 23.8 Å². The van der Waals surface area contributed by atoms with Crippen molar-refractivity contribution in [1.82, 2.24) is 4.90 Å². The van der Waals surface area contributed by atoms with Gasteiger partial charge in [0.05, 0.1) is 5.60 Å². The van der Waals surface area contributed by atoms with Crippen molar-refractivity contribution in [1.29, 1.82) is 0 Å². The van der Waals surface area contributed by atoms with Gasteiger partial charge < -0.3 is 20.5 Å². The molecule has 202 valence electrons.